The number of benzene rings is 6. The lowest BCUT2D eigenvalue weighted by Crippen LogP contribution is -2.28. The predicted molar refractivity (Wildman–Crippen MR) is 204 cm³/mol. The normalized spacial score (nSPS) is 13.4. The largest absolute Gasteiger partial charge is 0.290 e. The monoisotopic (exact) mass is 636 g/mol. The van der Waals surface area contributed by atoms with Crippen LogP contribution in [0.2, 0.25) is 0 Å². The standard InChI is InChI=1S/C46H28N4/c1-2-13-32-29(12-1)26-31(28-36(32)40-18-9-10-24-47-40)46(38-16-5-3-14-33(38)34-15-4-6-17-39(34)46)30-22-23-35-37(27-30)45-49-41-19-7-8-20-42(41)50(45)43-21-11-25-48-44(35)43/h1-28H. The molecule has 232 valence electrons. The third-order valence-corrected chi connectivity index (χ3v) is 10.7. The summed E-state index contributed by atoms with van der Waals surface area (Å²) in [6.07, 6.45) is 3.77. The van der Waals surface area contributed by atoms with Gasteiger partial charge in [-0.25, -0.2) is 4.98 Å². The summed E-state index contributed by atoms with van der Waals surface area (Å²) < 4.78 is 2.28. The molecule has 4 nitrogen and oxygen atoms in total. The predicted octanol–water partition coefficient (Wildman–Crippen LogP) is 10.8. The minimum absolute atomic E-state index is 0.614. The molecule has 4 aromatic heterocycles. The quantitative estimate of drug-likeness (QED) is 0.181. The molecule has 4 heterocycles. The molecule has 0 amide bonds. The van der Waals surface area contributed by atoms with Crippen molar-refractivity contribution in [2.75, 3.05) is 0 Å². The summed E-state index contributed by atoms with van der Waals surface area (Å²) in [6, 6.07) is 57.0. The van der Waals surface area contributed by atoms with E-state index in [1.54, 1.807) is 0 Å². The van der Waals surface area contributed by atoms with Crippen molar-refractivity contribution in [3.05, 3.63) is 192 Å². The molecule has 1 aliphatic rings. The van der Waals surface area contributed by atoms with Gasteiger partial charge in [0.25, 0.3) is 0 Å². The topological polar surface area (TPSA) is 43.1 Å². The van der Waals surface area contributed by atoms with E-state index >= 15 is 0 Å². The first-order valence-corrected chi connectivity index (χ1v) is 17.0. The third kappa shape index (κ3) is 3.57. The minimum atomic E-state index is -0.614. The summed E-state index contributed by atoms with van der Waals surface area (Å²) in [7, 11) is 0. The fourth-order valence-electron chi connectivity index (χ4n) is 8.69. The Labute approximate surface area is 288 Å². The molecule has 0 radical (unpaired) electrons. The summed E-state index contributed by atoms with van der Waals surface area (Å²) in [5.41, 5.74) is 13.9. The minimum Gasteiger partial charge on any atom is -0.290 e. The average molecular weight is 637 g/mol. The highest BCUT2D eigenvalue weighted by molar-refractivity contribution is 6.12. The Kier molecular flexibility index (Phi) is 5.56. The van der Waals surface area contributed by atoms with Gasteiger partial charge in [0.15, 0.2) is 0 Å². The van der Waals surface area contributed by atoms with Gasteiger partial charge >= 0.3 is 0 Å². The maximum atomic E-state index is 5.27. The Morgan fingerprint density at radius 2 is 1.18 bits per heavy atom. The fraction of sp³-hybridized carbons (Fsp3) is 0.0217. The number of nitrogens with zero attached hydrogens (tertiary/aromatic N) is 4. The van der Waals surface area contributed by atoms with Crippen LogP contribution in [0.4, 0.5) is 0 Å². The molecule has 0 atom stereocenters. The van der Waals surface area contributed by atoms with E-state index in [1.165, 1.54) is 44.2 Å². The Hall–Kier alpha value is -6.65. The number of aromatic nitrogens is 4. The van der Waals surface area contributed by atoms with Crippen molar-refractivity contribution in [3.63, 3.8) is 0 Å². The van der Waals surface area contributed by atoms with Crippen LogP contribution in [0.25, 0.3) is 71.6 Å². The number of para-hydroxylation sites is 2. The van der Waals surface area contributed by atoms with Crippen LogP contribution in [0, 0.1) is 0 Å². The van der Waals surface area contributed by atoms with Gasteiger partial charge in [0.1, 0.15) is 5.65 Å². The Morgan fingerprint density at radius 3 is 2.02 bits per heavy atom. The summed E-state index contributed by atoms with van der Waals surface area (Å²) in [4.78, 5) is 15.1. The van der Waals surface area contributed by atoms with E-state index in [0.717, 1.165) is 49.7 Å². The van der Waals surface area contributed by atoms with Gasteiger partial charge in [0, 0.05) is 28.7 Å². The van der Waals surface area contributed by atoms with E-state index in [0.29, 0.717) is 0 Å². The number of hydrogen-bond acceptors (Lipinski definition) is 3. The van der Waals surface area contributed by atoms with Gasteiger partial charge in [-0.2, -0.15) is 0 Å². The van der Waals surface area contributed by atoms with E-state index in [9.17, 15) is 0 Å². The van der Waals surface area contributed by atoms with Gasteiger partial charge in [-0.3, -0.25) is 14.4 Å². The van der Waals surface area contributed by atoms with E-state index in [-0.39, 0.29) is 0 Å². The van der Waals surface area contributed by atoms with Crippen molar-refractivity contribution in [2.24, 2.45) is 0 Å². The molecule has 4 heteroatoms. The van der Waals surface area contributed by atoms with E-state index in [1.807, 2.05) is 24.5 Å². The van der Waals surface area contributed by atoms with Gasteiger partial charge in [-0.15, -0.1) is 0 Å². The van der Waals surface area contributed by atoms with Crippen LogP contribution in [0.15, 0.2) is 170 Å². The van der Waals surface area contributed by atoms with Crippen molar-refractivity contribution < 1.29 is 0 Å². The Morgan fingerprint density at radius 1 is 0.460 bits per heavy atom. The molecule has 0 N–H and O–H groups in total. The molecule has 0 spiro atoms. The second kappa shape index (κ2) is 10.2. The van der Waals surface area contributed by atoms with Crippen molar-refractivity contribution in [2.45, 2.75) is 5.41 Å². The molecule has 0 fully saturated rings. The number of pyridine rings is 3. The van der Waals surface area contributed by atoms with E-state index in [2.05, 4.69) is 150 Å². The van der Waals surface area contributed by atoms with Crippen LogP contribution in [0.1, 0.15) is 22.3 Å². The number of fused-ring (bicyclic) bond motifs is 12. The zero-order valence-electron chi connectivity index (χ0n) is 27.0. The maximum Gasteiger partial charge on any atom is 0.146 e. The summed E-state index contributed by atoms with van der Waals surface area (Å²) >= 11 is 0. The zero-order valence-corrected chi connectivity index (χ0v) is 27.0. The maximum absolute atomic E-state index is 5.27. The second-order valence-corrected chi connectivity index (χ2v) is 13.2. The number of hydrogen-bond donors (Lipinski definition) is 0. The molecule has 0 unspecified atom stereocenters. The molecule has 50 heavy (non-hydrogen) atoms. The highest BCUT2D eigenvalue weighted by Gasteiger charge is 2.46. The lowest BCUT2D eigenvalue weighted by atomic mass is 9.66. The molecule has 11 rings (SSSR count). The second-order valence-electron chi connectivity index (χ2n) is 13.2. The number of rotatable bonds is 3. The van der Waals surface area contributed by atoms with Crippen LogP contribution in [0.3, 0.4) is 0 Å². The molecule has 0 aliphatic heterocycles. The van der Waals surface area contributed by atoms with Crippen LogP contribution >= 0.6 is 0 Å². The van der Waals surface area contributed by atoms with E-state index < -0.39 is 5.41 Å². The van der Waals surface area contributed by atoms with Gasteiger partial charge < -0.3 is 0 Å². The van der Waals surface area contributed by atoms with Gasteiger partial charge in [-0.1, -0.05) is 103 Å². The van der Waals surface area contributed by atoms with Gasteiger partial charge in [0.05, 0.1) is 33.2 Å². The molecular formula is C46H28N4. The van der Waals surface area contributed by atoms with Crippen LogP contribution in [-0.4, -0.2) is 19.4 Å². The summed E-state index contributed by atoms with van der Waals surface area (Å²) in [5.74, 6) is 0. The van der Waals surface area contributed by atoms with Crippen molar-refractivity contribution >= 4 is 49.3 Å². The van der Waals surface area contributed by atoms with Crippen LogP contribution in [-0.2, 0) is 5.41 Å². The van der Waals surface area contributed by atoms with Crippen molar-refractivity contribution in [3.8, 4) is 22.4 Å². The lowest BCUT2D eigenvalue weighted by molar-refractivity contribution is 0.771. The fourth-order valence-corrected chi connectivity index (χ4v) is 8.69. The van der Waals surface area contributed by atoms with Crippen LogP contribution < -0.4 is 0 Å². The SMILES string of the molecule is c1ccc(-c2cc(C3(c4ccc5c(c4)c4nc6ccccc6n4c4cccnc54)c4ccccc4-c4ccccc43)cc3ccccc23)nc1. The first-order valence-electron chi connectivity index (χ1n) is 17.0. The first-order chi connectivity index (χ1) is 24.8. The van der Waals surface area contributed by atoms with E-state index in [4.69, 9.17) is 15.0 Å². The molecule has 0 bridgehead atoms. The molecule has 0 saturated heterocycles. The third-order valence-electron chi connectivity index (χ3n) is 10.7. The lowest BCUT2D eigenvalue weighted by Gasteiger charge is -2.35. The molecule has 1 aliphatic carbocycles. The van der Waals surface area contributed by atoms with Gasteiger partial charge in [0.2, 0.25) is 0 Å². The summed E-state index contributed by atoms with van der Waals surface area (Å²) in [5, 5.41) is 4.54. The highest BCUT2D eigenvalue weighted by Crippen LogP contribution is 2.57. The highest BCUT2D eigenvalue weighted by atomic mass is 15.0. The molecule has 6 aromatic carbocycles. The van der Waals surface area contributed by atoms with Crippen molar-refractivity contribution in [1.29, 1.82) is 0 Å². The smallest absolute Gasteiger partial charge is 0.146 e. The Balaban J connectivity index is 1.32. The first kappa shape index (κ1) is 27.3. The number of imidazole rings is 1. The summed E-state index contributed by atoms with van der Waals surface area (Å²) in [6.45, 7) is 0. The van der Waals surface area contributed by atoms with Crippen LogP contribution in [0.5, 0.6) is 0 Å². The van der Waals surface area contributed by atoms with Gasteiger partial charge in [-0.05, 0) is 98.8 Å². The Bertz CT molecular complexity index is 2950. The molecule has 0 saturated carbocycles. The zero-order chi connectivity index (χ0) is 32.8. The molecular weight excluding hydrogens is 609 g/mol. The average Bonchev–Trinajstić information content (AvgIpc) is 3.73. The van der Waals surface area contributed by atoms with Crippen molar-refractivity contribution in [1.82, 2.24) is 19.4 Å². The molecule has 10 aromatic rings.